The van der Waals surface area contributed by atoms with Crippen molar-refractivity contribution in [1.82, 2.24) is 25.1 Å². The number of aryl methyl sites for hydroxylation is 1. The smallest absolute Gasteiger partial charge is 0.222 e. The van der Waals surface area contributed by atoms with E-state index in [1.807, 2.05) is 7.05 Å². The molecule has 7 heteroatoms. The van der Waals surface area contributed by atoms with Crippen molar-refractivity contribution in [1.29, 1.82) is 0 Å². The number of ether oxygens (including phenoxy) is 1. The second-order valence-electron chi connectivity index (χ2n) is 4.68. The van der Waals surface area contributed by atoms with E-state index >= 15 is 0 Å². The average Bonchev–Trinajstić information content (AvgIpc) is 3.01. The van der Waals surface area contributed by atoms with Crippen LogP contribution in [0.3, 0.4) is 0 Å². The molecule has 1 fully saturated rings. The molecule has 100 valence electrons. The topological polar surface area (TPSA) is 73.1 Å². The third-order valence-corrected chi connectivity index (χ3v) is 3.15. The van der Waals surface area contributed by atoms with E-state index < -0.39 is 0 Å². The van der Waals surface area contributed by atoms with Gasteiger partial charge in [-0.25, -0.2) is 4.68 Å². The SMILES string of the molecule is CN(C[C@@H]1CCOC1)C(=O)CCCn1cnnn1. The molecule has 0 aliphatic carbocycles. The van der Waals surface area contributed by atoms with E-state index in [1.165, 1.54) is 0 Å². The van der Waals surface area contributed by atoms with Gasteiger partial charge in [0, 0.05) is 39.1 Å². The number of aromatic nitrogens is 4. The fourth-order valence-corrected chi connectivity index (χ4v) is 2.08. The molecule has 1 aromatic rings. The van der Waals surface area contributed by atoms with E-state index in [1.54, 1.807) is 15.9 Å². The Hall–Kier alpha value is -1.50. The monoisotopic (exact) mass is 253 g/mol. The van der Waals surface area contributed by atoms with Gasteiger partial charge in [0.25, 0.3) is 0 Å². The molecule has 0 unspecified atom stereocenters. The highest BCUT2D eigenvalue weighted by molar-refractivity contribution is 5.75. The molecule has 2 heterocycles. The predicted molar refractivity (Wildman–Crippen MR) is 63.6 cm³/mol. The Morgan fingerprint density at radius 2 is 2.50 bits per heavy atom. The third kappa shape index (κ3) is 3.76. The minimum Gasteiger partial charge on any atom is -0.381 e. The highest BCUT2D eigenvalue weighted by atomic mass is 16.5. The summed E-state index contributed by atoms with van der Waals surface area (Å²) < 4.78 is 6.94. The van der Waals surface area contributed by atoms with Crippen LogP contribution in [0.15, 0.2) is 6.33 Å². The minimum atomic E-state index is 0.176. The molecular weight excluding hydrogens is 234 g/mol. The van der Waals surface area contributed by atoms with E-state index in [9.17, 15) is 4.79 Å². The lowest BCUT2D eigenvalue weighted by Gasteiger charge is -2.20. The summed E-state index contributed by atoms with van der Waals surface area (Å²) in [6, 6.07) is 0. The van der Waals surface area contributed by atoms with Gasteiger partial charge < -0.3 is 9.64 Å². The van der Waals surface area contributed by atoms with Gasteiger partial charge in [0.1, 0.15) is 6.33 Å². The number of tetrazole rings is 1. The third-order valence-electron chi connectivity index (χ3n) is 3.15. The van der Waals surface area contributed by atoms with Gasteiger partial charge in [0.2, 0.25) is 5.91 Å². The van der Waals surface area contributed by atoms with Crippen LogP contribution in [-0.4, -0.2) is 57.8 Å². The molecule has 0 spiro atoms. The molecule has 2 rings (SSSR count). The maximum Gasteiger partial charge on any atom is 0.222 e. The number of hydrogen-bond donors (Lipinski definition) is 0. The van der Waals surface area contributed by atoms with E-state index in [-0.39, 0.29) is 5.91 Å². The Labute approximate surface area is 106 Å². The maximum atomic E-state index is 11.9. The number of carbonyl (C=O) groups is 1. The molecule has 1 saturated heterocycles. The zero-order valence-corrected chi connectivity index (χ0v) is 10.7. The Bertz CT molecular complexity index is 362. The fourth-order valence-electron chi connectivity index (χ4n) is 2.08. The van der Waals surface area contributed by atoms with Crippen molar-refractivity contribution < 1.29 is 9.53 Å². The van der Waals surface area contributed by atoms with Gasteiger partial charge >= 0.3 is 0 Å². The van der Waals surface area contributed by atoms with Crippen LogP contribution >= 0.6 is 0 Å². The molecule has 1 atom stereocenters. The Kier molecular flexibility index (Phi) is 4.63. The summed E-state index contributed by atoms with van der Waals surface area (Å²) in [5.41, 5.74) is 0. The minimum absolute atomic E-state index is 0.176. The summed E-state index contributed by atoms with van der Waals surface area (Å²) in [6.45, 7) is 3.08. The lowest BCUT2D eigenvalue weighted by Crippen LogP contribution is -2.32. The van der Waals surface area contributed by atoms with Crippen LogP contribution in [0.2, 0.25) is 0 Å². The first-order valence-corrected chi connectivity index (χ1v) is 6.28. The maximum absolute atomic E-state index is 11.9. The Balaban J connectivity index is 1.64. The molecule has 18 heavy (non-hydrogen) atoms. The molecule has 0 saturated carbocycles. The average molecular weight is 253 g/mol. The summed E-state index contributed by atoms with van der Waals surface area (Å²) in [5.74, 6) is 0.674. The summed E-state index contributed by atoms with van der Waals surface area (Å²) in [7, 11) is 1.86. The molecule has 7 nitrogen and oxygen atoms in total. The second-order valence-corrected chi connectivity index (χ2v) is 4.68. The molecule has 0 bridgehead atoms. The number of rotatable bonds is 6. The molecule has 0 N–H and O–H groups in total. The van der Waals surface area contributed by atoms with Crippen LogP contribution in [0.25, 0.3) is 0 Å². The van der Waals surface area contributed by atoms with Gasteiger partial charge in [0.15, 0.2) is 0 Å². The van der Waals surface area contributed by atoms with Crippen molar-refractivity contribution in [3.63, 3.8) is 0 Å². The fraction of sp³-hybridized carbons (Fsp3) is 0.818. The number of hydrogen-bond acceptors (Lipinski definition) is 5. The van der Waals surface area contributed by atoms with Crippen LogP contribution < -0.4 is 0 Å². The molecule has 1 aliphatic rings. The zero-order chi connectivity index (χ0) is 12.8. The predicted octanol–water partition coefficient (Wildman–Crippen LogP) is -0.0518. The summed E-state index contributed by atoms with van der Waals surface area (Å²) in [4.78, 5) is 13.7. The van der Waals surface area contributed by atoms with Gasteiger partial charge in [0.05, 0.1) is 6.61 Å². The largest absolute Gasteiger partial charge is 0.381 e. The first kappa shape index (κ1) is 12.9. The van der Waals surface area contributed by atoms with Crippen LogP contribution in [0.5, 0.6) is 0 Å². The van der Waals surface area contributed by atoms with Gasteiger partial charge in [-0.15, -0.1) is 5.10 Å². The van der Waals surface area contributed by atoms with Gasteiger partial charge in [-0.3, -0.25) is 4.79 Å². The van der Waals surface area contributed by atoms with Crippen molar-refractivity contribution in [3.8, 4) is 0 Å². The van der Waals surface area contributed by atoms with Crippen LogP contribution in [0.4, 0.5) is 0 Å². The lowest BCUT2D eigenvalue weighted by atomic mass is 10.1. The number of carbonyl (C=O) groups excluding carboxylic acids is 1. The van der Waals surface area contributed by atoms with E-state index in [0.717, 1.165) is 32.6 Å². The first-order valence-electron chi connectivity index (χ1n) is 6.28. The second kappa shape index (κ2) is 6.44. The zero-order valence-electron chi connectivity index (χ0n) is 10.7. The molecule has 1 aliphatic heterocycles. The summed E-state index contributed by atoms with van der Waals surface area (Å²) in [5, 5.41) is 10.8. The highest BCUT2D eigenvalue weighted by Crippen LogP contribution is 2.13. The molecule has 1 aromatic heterocycles. The van der Waals surface area contributed by atoms with Crippen molar-refractivity contribution >= 4 is 5.91 Å². The molecular formula is C11H19N5O2. The van der Waals surface area contributed by atoms with E-state index in [2.05, 4.69) is 15.5 Å². The highest BCUT2D eigenvalue weighted by Gasteiger charge is 2.19. The van der Waals surface area contributed by atoms with Gasteiger partial charge in [-0.2, -0.15) is 0 Å². The van der Waals surface area contributed by atoms with Crippen molar-refractivity contribution in [3.05, 3.63) is 6.33 Å². The van der Waals surface area contributed by atoms with E-state index in [0.29, 0.717) is 18.9 Å². The molecule has 0 radical (unpaired) electrons. The van der Waals surface area contributed by atoms with Crippen LogP contribution in [0.1, 0.15) is 19.3 Å². The Morgan fingerprint density at radius 3 is 3.17 bits per heavy atom. The van der Waals surface area contributed by atoms with E-state index in [4.69, 9.17) is 4.74 Å². The quantitative estimate of drug-likeness (QED) is 0.710. The van der Waals surface area contributed by atoms with Crippen LogP contribution in [0, 0.1) is 5.92 Å². The van der Waals surface area contributed by atoms with Crippen LogP contribution in [-0.2, 0) is 16.1 Å². The normalized spacial score (nSPS) is 19.1. The molecule has 1 amide bonds. The van der Waals surface area contributed by atoms with Gasteiger partial charge in [-0.1, -0.05) is 0 Å². The number of amides is 1. The van der Waals surface area contributed by atoms with Gasteiger partial charge in [-0.05, 0) is 23.3 Å². The number of nitrogens with zero attached hydrogens (tertiary/aromatic N) is 5. The lowest BCUT2D eigenvalue weighted by molar-refractivity contribution is -0.130. The molecule has 0 aromatic carbocycles. The Morgan fingerprint density at radius 1 is 1.61 bits per heavy atom. The van der Waals surface area contributed by atoms with Crippen molar-refractivity contribution in [2.45, 2.75) is 25.8 Å². The van der Waals surface area contributed by atoms with Crippen molar-refractivity contribution in [2.75, 3.05) is 26.8 Å². The summed E-state index contributed by atoms with van der Waals surface area (Å²) in [6.07, 6.45) is 3.91. The summed E-state index contributed by atoms with van der Waals surface area (Å²) >= 11 is 0. The van der Waals surface area contributed by atoms with Crippen molar-refractivity contribution in [2.24, 2.45) is 5.92 Å². The first-order chi connectivity index (χ1) is 8.75. The standard InChI is InChI=1S/C11H19N5O2/c1-15(7-10-4-6-18-8-10)11(17)3-2-5-16-9-12-13-14-16/h9-10H,2-8H2,1H3/t10-/m0/s1.